The van der Waals surface area contributed by atoms with Crippen molar-refractivity contribution < 1.29 is 0 Å². The summed E-state index contributed by atoms with van der Waals surface area (Å²) < 4.78 is 0. The van der Waals surface area contributed by atoms with Crippen LogP contribution in [0.1, 0.15) is 25.0 Å². The van der Waals surface area contributed by atoms with Crippen molar-refractivity contribution in [3.63, 3.8) is 0 Å². The first-order valence-corrected chi connectivity index (χ1v) is 20.1. The Balaban J connectivity index is 1.26. The van der Waals surface area contributed by atoms with Crippen molar-refractivity contribution in [2.75, 3.05) is 0 Å². The average Bonchev–Trinajstić information content (AvgIpc) is 3.50. The maximum atomic E-state index is 2.55. The van der Waals surface area contributed by atoms with Crippen LogP contribution in [-0.4, -0.2) is 0 Å². The third kappa shape index (κ3) is 4.56. The van der Waals surface area contributed by atoms with Crippen LogP contribution in [-0.2, 0) is 5.41 Å². The van der Waals surface area contributed by atoms with Crippen molar-refractivity contribution in [3.05, 3.63) is 205 Å². The zero-order valence-corrected chi connectivity index (χ0v) is 32.0. The summed E-state index contributed by atoms with van der Waals surface area (Å²) in [6, 6.07) is 72.8. The Bertz CT molecular complexity index is 3470. The Labute approximate surface area is 332 Å². The van der Waals surface area contributed by atoms with E-state index in [1.165, 1.54) is 120 Å². The predicted octanol–water partition coefficient (Wildman–Crippen LogP) is 15.9. The molecule has 0 nitrogen and oxygen atoms in total. The lowest BCUT2D eigenvalue weighted by molar-refractivity contribution is 0.661. The van der Waals surface area contributed by atoms with Crippen molar-refractivity contribution in [2.24, 2.45) is 0 Å². The number of hydrogen-bond donors (Lipinski definition) is 0. The Kier molecular flexibility index (Phi) is 6.78. The second kappa shape index (κ2) is 12.0. The second-order valence-corrected chi connectivity index (χ2v) is 16.3. The molecule has 1 aliphatic rings. The van der Waals surface area contributed by atoms with Crippen LogP contribution < -0.4 is 0 Å². The number of benzene rings is 11. The highest BCUT2D eigenvalue weighted by Crippen LogP contribution is 2.55. The van der Waals surface area contributed by atoms with Gasteiger partial charge in [0.15, 0.2) is 0 Å². The molecule has 0 heteroatoms. The van der Waals surface area contributed by atoms with E-state index in [1.807, 2.05) is 0 Å². The minimum atomic E-state index is -0.142. The molecule has 12 rings (SSSR count). The van der Waals surface area contributed by atoms with E-state index in [-0.39, 0.29) is 5.41 Å². The van der Waals surface area contributed by atoms with Gasteiger partial charge in [0.1, 0.15) is 0 Å². The van der Waals surface area contributed by atoms with Gasteiger partial charge in [-0.05, 0) is 138 Å². The van der Waals surface area contributed by atoms with Gasteiger partial charge >= 0.3 is 0 Å². The number of rotatable bonds is 3. The van der Waals surface area contributed by atoms with Gasteiger partial charge < -0.3 is 0 Å². The lowest BCUT2D eigenvalue weighted by Crippen LogP contribution is -2.15. The molecule has 0 unspecified atom stereocenters. The first-order chi connectivity index (χ1) is 28.1. The summed E-state index contributed by atoms with van der Waals surface area (Å²) in [6.07, 6.45) is 0. The summed E-state index contributed by atoms with van der Waals surface area (Å²) >= 11 is 0. The molecule has 0 atom stereocenters. The zero-order valence-electron chi connectivity index (χ0n) is 32.0. The lowest BCUT2D eigenvalue weighted by Gasteiger charge is -2.24. The molecule has 0 radical (unpaired) electrons. The smallest absolute Gasteiger partial charge is 0.0159 e. The molecule has 0 spiro atoms. The lowest BCUT2D eigenvalue weighted by atomic mass is 9.78. The molecule has 11 aromatic rings. The van der Waals surface area contributed by atoms with Gasteiger partial charge in [0.05, 0.1) is 0 Å². The molecule has 1 aliphatic carbocycles. The van der Waals surface area contributed by atoms with E-state index in [4.69, 9.17) is 0 Å². The Morgan fingerprint density at radius 1 is 0.281 bits per heavy atom. The topological polar surface area (TPSA) is 0 Å². The van der Waals surface area contributed by atoms with Crippen molar-refractivity contribution in [1.82, 2.24) is 0 Å². The molecule has 0 fully saturated rings. The fourth-order valence-corrected chi connectivity index (χ4v) is 10.4. The molecule has 0 saturated carbocycles. The van der Waals surface area contributed by atoms with E-state index in [0.717, 1.165) is 0 Å². The van der Waals surface area contributed by atoms with Crippen molar-refractivity contribution >= 4 is 64.6 Å². The summed E-state index contributed by atoms with van der Waals surface area (Å²) in [4.78, 5) is 0. The molecule has 0 saturated heterocycles. The monoisotopic (exact) mass is 722 g/mol. The highest BCUT2D eigenvalue weighted by Gasteiger charge is 2.37. The van der Waals surface area contributed by atoms with Gasteiger partial charge in [0.2, 0.25) is 0 Å². The summed E-state index contributed by atoms with van der Waals surface area (Å²) in [7, 11) is 0. The van der Waals surface area contributed by atoms with E-state index in [0.29, 0.717) is 0 Å². The number of fused-ring (bicyclic) bond motifs is 12. The normalized spacial score (nSPS) is 13.2. The second-order valence-electron chi connectivity index (χ2n) is 16.3. The van der Waals surface area contributed by atoms with Crippen LogP contribution in [0.5, 0.6) is 0 Å². The molecule has 0 aromatic heterocycles. The highest BCUT2D eigenvalue weighted by atomic mass is 14.4. The van der Waals surface area contributed by atoms with Crippen molar-refractivity contribution in [3.8, 4) is 44.5 Å². The van der Waals surface area contributed by atoms with Gasteiger partial charge in [0, 0.05) is 5.41 Å². The quantitative estimate of drug-likeness (QED) is 0.126. The van der Waals surface area contributed by atoms with Crippen LogP contribution in [0.3, 0.4) is 0 Å². The maximum absolute atomic E-state index is 2.55. The molecule has 0 heterocycles. The predicted molar refractivity (Wildman–Crippen MR) is 245 cm³/mol. The van der Waals surface area contributed by atoms with Crippen LogP contribution in [0, 0.1) is 0 Å². The van der Waals surface area contributed by atoms with Crippen LogP contribution in [0.15, 0.2) is 194 Å². The maximum Gasteiger partial charge on any atom is 0.0159 e. The molecule has 11 aromatic carbocycles. The SMILES string of the molecule is CC1(C)c2ccccc2-c2c1cc(-c1c3ccccc3c(-c3ccccc3)c3ccc(-c4cc5ccccc5c5ccc6ccccc6c45)cc13)c1ccccc21. The van der Waals surface area contributed by atoms with Gasteiger partial charge in [-0.1, -0.05) is 190 Å². The Morgan fingerprint density at radius 2 is 0.860 bits per heavy atom. The first-order valence-electron chi connectivity index (χ1n) is 20.1. The van der Waals surface area contributed by atoms with Crippen molar-refractivity contribution in [2.45, 2.75) is 19.3 Å². The van der Waals surface area contributed by atoms with Crippen LogP contribution in [0.25, 0.3) is 109 Å². The largest absolute Gasteiger partial charge is 0.0622 e. The van der Waals surface area contributed by atoms with E-state index >= 15 is 0 Å². The average molecular weight is 723 g/mol. The van der Waals surface area contributed by atoms with Gasteiger partial charge in [-0.15, -0.1) is 0 Å². The minimum Gasteiger partial charge on any atom is -0.0622 e. The van der Waals surface area contributed by atoms with Crippen LogP contribution in [0.4, 0.5) is 0 Å². The first kappa shape index (κ1) is 32.2. The van der Waals surface area contributed by atoms with E-state index in [1.54, 1.807) is 0 Å². The molecule has 0 aliphatic heterocycles. The Hall–Kier alpha value is -7.02. The van der Waals surface area contributed by atoms with Crippen LogP contribution >= 0.6 is 0 Å². The van der Waals surface area contributed by atoms with Gasteiger partial charge in [-0.3, -0.25) is 0 Å². The summed E-state index contributed by atoms with van der Waals surface area (Å²) in [6.45, 7) is 4.80. The fraction of sp³-hybridized carbons (Fsp3) is 0.0526. The third-order valence-electron chi connectivity index (χ3n) is 13.0. The van der Waals surface area contributed by atoms with Gasteiger partial charge in [-0.2, -0.15) is 0 Å². The summed E-state index contributed by atoms with van der Waals surface area (Å²) in [5.41, 5.74) is 13.0. The Morgan fingerprint density at radius 3 is 1.65 bits per heavy atom. The zero-order chi connectivity index (χ0) is 37.8. The standard InChI is InChI=1S/C57H38/c1-57(2)51-27-15-14-26-47(51)56-42-23-11-10-22-41(42)50(34-52(56)57)55-44-25-13-12-24-43(44)53(36-17-4-3-5-18-36)46-31-29-38(33-49(46)55)48-32-37-19-7-8-20-39(37)45-30-28-35-16-6-9-21-40(35)54(45)48/h3-34H,1-2H3. The molecule has 266 valence electrons. The molecule has 0 bridgehead atoms. The van der Waals surface area contributed by atoms with Crippen molar-refractivity contribution in [1.29, 1.82) is 0 Å². The van der Waals surface area contributed by atoms with E-state index in [9.17, 15) is 0 Å². The molecular weight excluding hydrogens is 685 g/mol. The highest BCUT2D eigenvalue weighted by molar-refractivity contribution is 6.27. The van der Waals surface area contributed by atoms with Gasteiger partial charge in [0.25, 0.3) is 0 Å². The van der Waals surface area contributed by atoms with E-state index in [2.05, 4.69) is 208 Å². The summed E-state index contributed by atoms with van der Waals surface area (Å²) in [5.74, 6) is 0. The molecule has 0 amide bonds. The van der Waals surface area contributed by atoms with Gasteiger partial charge in [-0.25, -0.2) is 0 Å². The summed E-state index contributed by atoms with van der Waals surface area (Å²) in [5, 5.41) is 15.4. The third-order valence-corrected chi connectivity index (χ3v) is 13.0. The number of hydrogen-bond acceptors (Lipinski definition) is 0. The van der Waals surface area contributed by atoms with E-state index < -0.39 is 0 Å². The molecule has 57 heavy (non-hydrogen) atoms. The minimum absolute atomic E-state index is 0.142. The van der Waals surface area contributed by atoms with Crippen LogP contribution in [0.2, 0.25) is 0 Å². The fourth-order valence-electron chi connectivity index (χ4n) is 10.4. The molecular formula is C57H38. The molecule has 0 N–H and O–H groups in total.